The van der Waals surface area contributed by atoms with Gasteiger partial charge in [-0.05, 0) is 35.9 Å². The van der Waals surface area contributed by atoms with Gasteiger partial charge < -0.3 is 14.1 Å². The molecule has 0 aliphatic rings. The molecule has 0 atom stereocenters. The minimum atomic E-state index is -0.263. The summed E-state index contributed by atoms with van der Waals surface area (Å²) in [6, 6.07) is 25.3. The van der Waals surface area contributed by atoms with Crippen LogP contribution in [0.4, 0.5) is 0 Å². The molecule has 150 valence electrons. The minimum Gasteiger partial charge on any atom is -0.489 e. The lowest BCUT2D eigenvalue weighted by molar-refractivity contribution is 0.306. The summed E-state index contributed by atoms with van der Waals surface area (Å²) in [4.78, 5) is 16.0. The van der Waals surface area contributed by atoms with Crippen molar-refractivity contribution in [3.8, 4) is 17.2 Å². The number of rotatable bonds is 4. The molecule has 6 nitrogen and oxygen atoms in total. The Labute approximate surface area is 176 Å². The van der Waals surface area contributed by atoms with Crippen molar-refractivity contribution in [2.45, 2.75) is 6.61 Å². The smallest absolute Gasteiger partial charge is 0.274 e. The highest BCUT2D eigenvalue weighted by Crippen LogP contribution is 2.33. The topological polar surface area (TPSA) is 83.9 Å². The van der Waals surface area contributed by atoms with E-state index in [1.165, 1.54) is 0 Å². The summed E-state index contributed by atoms with van der Waals surface area (Å²) in [5.41, 5.74) is 3.62. The Morgan fingerprint density at radius 2 is 1.77 bits per heavy atom. The first-order valence-electron chi connectivity index (χ1n) is 9.96. The molecule has 0 saturated carbocycles. The first-order chi connectivity index (χ1) is 15.3. The number of hydrogen-bond donors (Lipinski definition) is 2. The van der Waals surface area contributed by atoms with E-state index in [1.807, 2.05) is 78.9 Å². The van der Waals surface area contributed by atoms with E-state index in [9.17, 15) is 4.79 Å². The fourth-order valence-corrected chi connectivity index (χ4v) is 3.91. The predicted octanol–water partition coefficient (Wildman–Crippen LogP) is 5.40. The summed E-state index contributed by atoms with van der Waals surface area (Å²) in [7, 11) is 0. The lowest BCUT2D eigenvalue weighted by Gasteiger charge is -2.06. The summed E-state index contributed by atoms with van der Waals surface area (Å²) < 4.78 is 11.9. The van der Waals surface area contributed by atoms with E-state index in [4.69, 9.17) is 9.15 Å². The van der Waals surface area contributed by atoms with Crippen molar-refractivity contribution in [2.24, 2.45) is 0 Å². The van der Waals surface area contributed by atoms with E-state index in [-0.39, 0.29) is 5.56 Å². The second-order valence-corrected chi connectivity index (χ2v) is 7.41. The van der Waals surface area contributed by atoms with Gasteiger partial charge in [-0.1, -0.05) is 48.5 Å². The number of hydrogen-bond acceptors (Lipinski definition) is 4. The molecule has 2 N–H and O–H groups in total. The molecule has 0 aliphatic heterocycles. The van der Waals surface area contributed by atoms with E-state index in [2.05, 4.69) is 15.2 Å². The molecule has 0 bridgehead atoms. The maximum Gasteiger partial charge on any atom is 0.274 e. The van der Waals surface area contributed by atoms with Crippen LogP contribution in [0.2, 0.25) is 0 Å². The molecule has 0 saturated heterocycles. The van der Waals surface area contributed by atoms with E-state index >= 15 is 0 Å². The Kier molecular flexibility index (Phi) is 3.89. The van der Waals surface area contributed by atoms with Crippen molar-refractivity contribution in [2.75, 3.05) is 0 Å². The van der Waals surface area contributed by atoms with Crippen LogP contribution in [0, 0.1) is 0 Å². The van der Waals surface area contributed by atoms with Gasteiger partial charge in [0.2, 0.25) is 0 Å². The van der Waals surface area contributed by atoms with E-state index in [1.54, 1.807) is 0 Å². The molecular weight excluding hydrogens is 390 g/mol. The van der Waals surface area contributed by atoms with Crippen molar-refractivity contribution in [1.29, 1.82) is 0 Å². The molecule has 0 spiro atoms. The molecule has 31 heavy (non-hydrogen) atoms. The molecule has 3 aromatic heterocycles. The zero-order valence-electron chi connectivity index (χ0n) is 16.4. The first-order valence-corrected chi connectivity index (χ1v) is 9.96. The largest absolute Gasteiger partial charge is 0.489 e. The van der Waals surface area contributed by atoms with Gasteiger partial charge in [-0.15, -0.1) is 0 Å². The van der Waals surface area contributed by atoms with E-state index < -0.39 is 0 Å². The van der Waals surface area contributed by atoms with Gasteiger partial charge in [0.25, 0.3) is 5.56 Å². The lowest BCUT2D eigenvalue weighted by atomic mass is 10.1. The van der Waals surface area contributed by atoms with Crippen molar-refractivity contribution in [3.05, 3.63) is 94.8 Å². The molecule has 0 radical (unpaired) electrons. The summed E-state index contributed by atoms with van der Waals surface area (Å²) in [6.07, 6.45) is 0. The van der Waals surface area contributed by atoms with Gasteiger partial charge in [0.15, 0.2) is 11.5 Å². The van der Waals surface area contributed by atoms with Crippen molar-refractivity contribution in [3.63, 3.8) is 0 Å². The summed E-state index contributed by atoms with van der Waals surface area (Å²) >= 11 is 0. The molecule has 0 unspecified atom stereocenters. The van der Waals surface area contributed by atoms with Crippen molar-refractivity contribution >= 4 is 32.8 Å². The molecular formula is C25H17N3O3. The molecule has 0 amide bonds. The fourth-order valence-electron chi connectivity index (χ4n) is 3.91. The molecule has 0 fully saturated rings. The number of H-pyrrole nitrogens is 2. The SMILES string of the molecule is O=c1[nH]nc(-c2cc3ccccc3o2)c2[nH]c3ccc(OCc4ccccc4)cc3c12. The van der Waals surface area contributed by atoms with Crippen molar-refractivity contribution in [1.82, 2.24) is 15.2 Å². The zero-order chi connectivity index (χ0) is 20.8. The minimum absolute atomic E-state index is 0.263. The first kappa shape index (κ1) is 17.5. The van der Waals surface area contributed by atoms with Gasteiger partial charge >= 0.3 is 0 Å². The third kappa shape index (κ3) is 2.97. The van der Waals surface area contributed by atoms with Gasteiger partial charge in [0.1, 0.15) is 17.9 Å². The molecule has 0 aliphatic carbocycles. The summed E-state index contributed by atoms with van der Waals surface area (Å²) in [6.45, 7) is 0.455. The highest BCUT2D eigenvalue weighted by molar-refractivity contribution is 6.10. The van der Waals surface area contributed by atoms with Gasteiger partial charge in [0.05, 0.1) is 10.9 Å². The number of nitrogens with one attached hydrogen (secondary N) is 2. The van der Waals surface area contributed by atoms with Crippen LogP contribution < -0.4 is 10.3 Å². The standard InChI is InChI=1S/C25H17N3O3/c29-25-22-18-13-17(30-14-15-6-2-1-3-7-15)10-11-19(18)26-24(22)23(27-28-25)21-12-16-8-4-5-9-20(16)31-21/h1-13,26H,14H2,(H,28,29). The predicted molar refractivity (Wildman–Crippen MR) is 120 cm³/mol. The van der Waals surface area contributed by atoms with Crippen LogP contribution in [-0.2, 0) is 6.61 Å². The van der Waals surface area contributed by atoms with Crippen molar-refractivity contribution < 1.29 is 9.15 Å². The summed E-state index contributed by atoms with van der Waals surface area (Å²) in [5, 5.41) is 9.18. The number of benzene rings is 3. The van der Waals surface area contributed by atoms with Crippen LogP contribution >= 0.6 is 0 Å². The number of nitrogens with zero attached hydrogens (tertiary/aromatic N) is 1. The Balaban J connectivity index is 1.47. The monoisotopic (exact) mass is 407 g/mol. The average molecular weight is 407 g/mol. The molecule has 6 aromatic rings. The number of ether oxygens (including phenoxy) is 1. The number of para-hydroxylation sites is 1. The lowest BCUT2D eigenvalue weighted by Crippen LogP contribution is -2.08. The summed E-state index contributed by atoms with van der Waals surface area (Å²) in [5.74, 6) is 1.29. The Hall–Kier alpha value is -4.32. The Morgan fingerprint density at radius 1 is 0.935 bits per heavy atom. The van der Waals surface area contributed by atoms with E-state index in [0.29, 0.717) is 34.7 Å². The number of furan rings is 1. The van der Waals surface area contributed by atoms with Gasteiger partial charge in [-0.25, -0.2) is 5.10 Å². The quantitative estimate of drug-likeness (QED) is 0.410. The van der Waals surface area contributed by atoms with Crippen LogP contribution in [0.25, 0.3) is 44.2 Å². The van der Waals surface area contributed by atoms with E-state index in [0.717, 1.165) is 27.4 Å². The molecule has 6 rings (SSSR count). The third-order valence-electron chi connectivity index (χ3n) is 5.41. The van der Waals surface area contributed by atoms with Crippen LogP contribution in [0.3, 0.4) is 0 Å². The molecule has 3 heterocycles. The normalized spacial score (nSPS) is 11.5. The Morgan fingerprint density at radius 3 is 2.65 bits per heavy atom. The maximum atomic E-state index is 12.7. The zero-order valence-corrected chi connectivity index (χ0v) is 16.4. The number of fused-ring (bicyclic) bond motifs is 4. The second kappa shape index (κ2) is 6.88. The molecule has 6 heteroatoms. The number of aromatic amines is 2. The Bertz CT molecular complexity index is 1580. The number of aromatic nitrogens is 3. The fraction of sp³-hybridized carbons (Fsp3) is 0.0400. The van der Waals surface area contributed by atoms with Gasteiger partial charge in [0, 0.05) is 16.3 Å². The van der Waals surface area contributed by atoms with Crippen LogP contribution in [0.15, 0.2) is 88.1 Å². The van der Waals surface area contributed by atoms with Crippen LogP contribution in [0.5, 0.6) is 5.75 Å². The maximum absolute atomic E-state index is 12.7. The third-order valence-corrected chi connectivity index (χ3v) is 5.41. The second-order valence-electron chi connectivity index (χ2n) is 7.41. The highest BCUT2D eigenvalue weighted by atomic mass is 16.5. The average Bonchev–Trinajstić information content (AvgIpc) is 3.40. The van der Waals surface area contributed by atoms with Gasteiger partial charge in [-0.2, -0.15) is 5.10 Å². The van der Waals surface area contributed by atoms with Crippen LogP contribution in [-0.4, -0.2) is 15.2 Å². The van der Waals surface area contributed by atoms with Gasteiger partial charge in [-0.3, -0.25) is 4.79 Å². The highest BCUT2D eigenvalue weighted by Gasteiger charge is 2.18. The molecule has 3 aromatic carbocycles. The van der Waals surface area contributed by atoms with Crippen LogP contribution in [0.1, 0.15) is 5.56 Å².